The molecule has 2 rings (SSSR count). The number of likely N-dealkylation sites (tertiary alicyclic amines) is 1. The fourth-order valence-electron chi connectivity index (χ4n) is 2.53. The van der Waals surface area contributed by atoms with E-state index in [0.29, 0.717) is 6.61 Å². The number of carbonyl (C=O) groups is 1. The Labute approximate surface area is 147 Å². The van der Waals surface area contributed by atoms with Crippen molar-refractivity contribution in [3.8, 4) is 0 Å². The van der Waals surface area contributed by atoms with Crippen LogP contribution in [0.3, 0.4) is 0 Å². The topological polar surface area (TPSA) is 32.8 Å². The Bertz CT molecular complexity index is 558. The second-order valence-electron chi connectivity index (χ2n) is 8.25. The van der Waals surface area contributed by atoms with Gasteiger partial charge in [-0.2, -0.15) is 0 Å². The van der Waals surface area contributed by atoms with E-state index in [2.05, 4.69) is 46.0 Å². The summed E-state index contributed by atoms with van der Waals surface area (Å²) in [6.07, 6.45) is 2.23. The number of hydrogen-bond acceptors (Lipinski definition) is 2. The SMILES string of the molecule is CN(C(=O)N1CCCC1)c1ccc(CO[Si](C)(C)C(C)(C)C)cc1. The number of anilines is 1. The van der Waals surface area contributed by atoms with Crippen LogP contribution in [0.2, 0.25) is 18.1 Å². The summed E-state index contributed by atoms with van der Waals surface area (Å²) in [5, 5.41) is 0.218. The lowest BCUT2D eigenvalue weighted by Crippen LogP contribution is -2.40. The van der Waals surface area contributed by atoms with Crippen molar-refractivity contribution in [3.63, 3.8) is 0 Å². The van der Waals surface area contributed by atoms with Crippen LogP contribution in [-0.4, -0.2) is 39.4 Å². The van der Waals surface area contributed by atoms with Gasteiger partial charge in [0.1, 0.15) is 0 Å². The summed E-state index contributed by atoms with van der Waals surface area (Å²) in [4.78, 5) is 16.1. The Balaban J connectivity index is 1.96. The molecule has 4 nitrogen and oxygen atoms in total. The summed E-state index contributed by atoms with van der Waals surface area (Å²) in [5.41, 5.74) is 2.09. The predicted octanol–water partition coefficient (Wildman–Crippen LogP) is 4.86. The molecule has 0 saturated carbocycles. The zero-order valence-corrected chi connectivity index (χ0v) is 17.1. The molecular formula is C19H32N2O2Si. The quantitative estimate of drug-likeness (QED) is 0.728. The molecule has 24 heavy (non-hydrogen) atoms. The molecule has 1 aromatic carbocycles. The zero-order chi connectivity index (χ0) is 18.0. The summed E-state index contributed by atoms with van der Waals surface area (Å²) >= 11 is 0. The van der Waals surface area contributed by atoms with Crippen molar-refractivity contribution in [1.82, 2.24) is 4.90 Å². The second kappa shape index (κ2) is 7.27. The molecule has 0 radical (unpaired) electrons. The fourth-order valence-corrected chi connectivity index (χ4v) is 3.49. The fraction of sp³-hybridized carbons (Fsp3) is 0.632. The number of urea groups is 1. The van der Waals surface area contributed by atoms with Crippen molar-refractivity contribution in [2.24, 2.45) is 0 Å². The van der Waals surface area contributed by atoms with E-state index >= 15 is 0 Å². The smallest absolute Gasteiger partial charge is 0.324 e. The number of benzene rings is 1. The lowest BCUT2D eigenvalue weighted by Gasteiger charge is -2.36. The van der Waals surface area contributed by atoms with E-state index in [0.717, 1.165) is 37.2 Å². The maximum atomic E-state index is 12.4. The van der Waals surface area contributed by atoms with Crippen LogP contribution in [0, 0.1) is 0 Å². The molecular weight excluding hydrogens is 316 g/mol. The van der Waals surface area contributed by atoms with Crippen LogP contribution in [0.4, 0.5) is 10.5 Å². The third-order valence-electron chi connectivity index (χ3n) is 5.39. The maximum absolute atomic E-state index is 12.4. The largest absolute Gasteiger partial charge is 0.413 e. The first-order valence-corrected chi connectivity index (χ1v) is 11.8. The van der Waals surface area contributed by atoms with Crippen LogP contribution in [-0.2, 0) is 11.0 Å². The molecule has 0 aromatic heterocycles. The molecule has 0 spiro atoms. The summed E-state index contributed by atoms with van der Waals surface area (Å²) < 4.78 is 6.26. The minimum Gasteiger partial charge on any atom is -0.413 e. The highest BCUT2D eigenvalue weighted by Crippen LogP contribution is 2.37. The minimum absolute atomic E-state index is 0.0952. The lowest BCUT2D eigenvalue weighted by atomic mass is 10.2. The van der Waals surface area contributed by atoms with Crippen LogP contribution >= 0.6 is 0 Å². The Morgan fingerprint density at radius 2 is 1.71 bits per heavy atom. The zero-order valence-electron chi connectivity index (χ0n) is 16.1. The van der Waals surface area contributed by atoms with E-state index in [4.69, 9.17) is 4.43 Å². The first kappa shape index (κ1) is 19.0. The van der Waals surface area contributed by atoms with E-state index < -0.39 is 8.32 Å². The van der Waals surface area contributed by atoms with Gasteiger partial charge in [0.25, 0.3) is 0 Å². The number of carbonyl (C=O) groups excluding carboxylic acids is 1. The molecule has 134 valence electrons. The van der Waals surface area contributed by atoms with Gasteiger partial charge in [-0.05, 0) is 48.7 Å². The molecule has 0 unspecified atom stereocenters. The van der Waals surface area contributed by atoms with E-state index in [1.807, 2.05) is 24.1 Å². The number of rotatable bonds is 4. The van der Waals surface area contributed by atoms with Gasteiger partial charge < -0.3 is 9.33 Å². The molecule has 1 saturated heterocycles. The van der Waals surface area contributed by atoms with E-state index in [-0.39, 0.29) is 11.1 Å². The van der Waals surface area contributed by atoms with Crippen LogP contribution in [0.15, 0.2) is 24.3 Å². The van der Waals surface area contributed by atoms with Gasteiger partial charge in [-0.15, -0.1) is 0 Å². The van der Waals surface area contributed by atoms with Gasteiger partial charge in [0.2, 0.25) is 0 Å². The first-order chi connectivity index (χ1) is 11.1. The van der Waals surface area contributed by atoms with Gasteiger partial charge in [-0.3, -0.25) is 4.90 Å². The number of hydrogen-bond donors (Lipinski definition) is 0. The van der Waals surface area contributed by atoms with E-state index in [9.17, 15) is 4.79 Å². The number of amides is 2. The van der Waals surface area contributed by atoms with Gasteiger partial charge in [0, 0.05) is 25.8 Å². The normalized spacial score (nSPS) is 15.7. The Morgan fingerprint density at radius 3 is 2.21 bits per heavy atom. The molecule has 0 N–H and O–H groups in total. The van der Waals surface area contributed by atoms with Crippen LogP contribution < -0.4 is 4.90 Å². The molecule has 1 aliphatic rings. The molecule has 1 aliphatic heterocycles. The minimum atomic E-state index is -1.73. The molecule has 0 atom stereocenters. The molecule has 1 aromatic rings. The third kappa shape index (κ3) is 4.39. The molecule has 1 heterocycles. The van der Waals surface area contributed by atoms with Gasteiger partial charge in [0.15, 0.2) is 8.32 Å². The average Bonchev–Trinajstić information content (AvgIpc) is 3.05. The van der Waals surface area contributed by atoms with Crippen LogP contribution in [0.1, 0.15) is 39.2 Å². The first-order valence-electron chi connectivity index (χ1n) is 8.87. The van der Waals surface area contributed by atoms with Crippen LogP contribution in [0.5, 0.6) is 0 Å². The van der Waals surface area contributed by atoms with Crippen molar-refractivity contribution in [1.29, 1.82) is 0 Å². The summed E-state index contributed by atoms with van der Waals surface area (Å²) in [6, 6.07) is 8.25. The Kier molecular flexibility index (Phi) is 5.76. The van der Waals surface area contributed by atoms with E-state index in [1.54, 1.807) is 4.90 Å². The Hall–Kier alpha value is -1.33. The van der Waals surface area contributed by atoms with Gasteiger partial charge in [-0.25, -0.2) is 4.79 Å². The lowest BCUT2D eigenvalue weighted by molar-refractivity contribution is 0.217. The van der Waals surface area contributed by atoms with Gasteiger partial charge >= 0.3 is 6.03 Å². The highest BCUT2D eigenvalue weighted by atomic mass is 28.4. The Morgan fingerprint density at radius 1 is 1.17 bits per heavy atom. The molecule has 0 aliphatic carbocycles. The number of nitrogens with zero attached hydrogens (tertiary/aromatic N) is 2. The van der Waals surface area contributed by atoms with E-state index in [1.165, 1.54) is 0 Å². The van der Waals surface area contributed by atoms with Gasteiger partial charge in [-0.1, -0.05) is 32.9 Å². The molecule has 5 heteroatoms. The summed E-state index contributed by atoms with van der Waals surface area (Å²) in [5.74, 6) is 0. The summed E-state index contributed by atoms with van der Waals surface area (Å²) in [7, 11) is 0.119. The highest BCUT2D eigenvalue weighted by molar-refractivity contribution is 6.74. The standard InChI is InChI=1S/C19H32N2O2Si/c1-19(2,3)24(5,6)23-15-16-9-11-17(12-10-16)20(4)18(22)21-13-7-8-14-21/h9-12H,7-8,13-15H2,1-6H3. The van der Waals surface area contributed by atoms with Crippen LogP contribution in [0.25, 0.3) is 0 Å². The molecule has 1 fully saturated rings. The van der Waals surface area contributed by atoms with Gasteiger partial charge in [0.05, 0.1) is 6.61 Å². The highest BCUT2D eigenvalue weighted by Gasteiger charge is 2.37. The van der Waals surface area contributed by atoms with Crippen molar-refractivity contribution in [2.75, 3.05) is 25.0 Å². The predicted molar refractivity (Wildman–Crippen MR) is 103 cm³/mol. The molecule has 0 bridgehead atoms. The molecule has 2 amide bonds. The second-order valence-corrected chi connectivity index (χ2v) is 13.1. The van der Waals surface area contributed by atoms with Crippen molar-refractivity contribution in [3.05, 3.63) is 29.8 Å². The van der Waals surface area contributed by atoms with Crippen molar-refractivity contribution >= 4 is 20.0 Å². The monoisotopic (exact) mass is 348 g/mol. The average molecular weight is 349 g/mol. The maximum Gasteiger partial charge on any atom is 0.324 e. The summed E-state index contributed by atoms with van der Waals surface area (Å²) in [6.45, 7) is 13.7. The van der Waals surface area contributed by atoms with Crippen molar-refractivity contribution < 1.29 is 9.22 Å². The third-order valence-corrected chi connectivity index (χ3v) is 9.87. The van der Waals surface area contributed by atoms with Crippen molar-refractivity contribution in [2.45, 2.75) is 58.4 Å².